The highest BCUT2D eigenvalue weighted by molar-refractivity contribution is 7.23. The van der Waals surface area contributed by atoms with E-state index in [1.165, 1.54) is 18.2 Å². The maximum Gasteiger partial charge on any atom is 0.320 e. The number of rotatable bonds is 6. The van der Waals surface area contributed by atoms with Crippen LogP contribution in [-0.2, 0) is 0 Å². The molecule has 6 rings (SSSR count). The van der Waals surface area contributed by atoms with E-state index in [2.05, 4.69) is 26.7 Å². The van der Waals surface area contributed by atoms with E-state index in [0.29, 0.717) is 18.5 Å². The van der Waals surface area contributed by atoms with Crippen molar-refractivity contribution in [3.8, 4) is 35.2 Å². The Morgan fingerprint density at radius 3 is 2.68 bits per heavy atom. The monoisotopic (exact) mass is 641 g/mol. The SMILES string of the molecule is N#Cc1c(-c2ccc(F)c3sc(N)c(C#N)c23)c(Cl)cc2c(OC3CNCC3F)nc(OCC3CCCNCC(F)C3)nc12. The van der Waals surface area contributed by atoms with Crippen LogP contribution in [0, 0.1) is 34.4 Å². The third-order valence-electron chi connectivity index (χ3n) is 7.92. The molecule has 2 fully saturated rings. The van der Waals surface area contributed by atoms with Crippen LogP contribution in [0.3, 0.4) is 0 Å². The molecule has 2 aliphatic rings. The molecule has 228 valence electrons. The number of benzene rings is 2. The van der Waals surface area contributed by atoms with Gasteiger partial charge in [0.15, 0.2) is 6.17 Å². The largest absolute Gasteiger partial charge is 0.469 e. The maximum atomic E-state index is 14.8. The first kappa shape index (κ1) is 30.2. The highest BCUT2D eigenvalue weighted by Gasteiger charge is 2.31. The molecule has 2 aliphatic heterocycles. The number of nitrogens with zero attached hydrogens (tertiary/aromatic N) is 4. The summed E-state index contributed by atoms with van der Waals surface area (Å²) in [5.41, 5.74) is 6.74. The number of hydrogen-bond donors (Lipinski definition) is 3. The molecule has 4 heterocycles. The summed E-state index contributed by atoms with van der Waals surface area (Å²) in [5, 5.41) is 27.0. The summed E-state index contributed by atoms with van der Waals surface area (Å²) < 4.78 is 55.9. The van der Waals surface area contributed by atoms with E-state index in [1.54, 1.807) is 0 Å². The van der Waals surface area contributed by atoms with E-state index >= 15 is 0 Å². The van der Waals surface area contributed by atoms with Crippen molar-refractivity contribution in [1.82, 2.24) is 20.6 Å². The van der Waals surface area contributed by atoms with Crippen LogP contribution in [0.1, 0.15) is 30.4 Å². The van der Waals surface area contributed by atoms with E-state index in [-0.39, 0.29) is 91.8 Å². The molecular formula is C30H27ClF3N7O2S. The minimum absolute atomic E-state index is 0.00614. The predicted octanol–water partition coefficient (Wildman–Crippen LogP) is 5.42. The summed E-state index contributed by atoms with van der Waals surface area (Å²) in [5.74, 6) is -0.696. The van der Waals surface area contributed by atoms with Crippen molar-refractivity contribution >= 4 is 48.9 Å². The Hall–Kier alpha value is -3.88. The summed E-state index contributed by atoms with van der Waals surface area (Å²) in [4.78, 5) is 8.97. The molecule has 2 aromatic heterocycles. The summed E-state index contributed by atoms with van der Waals surface area (Å²) in [6.45, 7) is 1.45. The number of nitriles is 2. The summed E-state index contributed by atoms with van der Waals surface area (Å²) in [6, 6.07) is 8.20. The van der Waals surface area contributed by atoms with E-state index in [9.17, 15) is 23.7 Å². The Bertz CT molecular complexity index is 1830. The number of halogens is 4. The zero-order valence-electron chi connectivity index (χ0n) is 23.3. The number of fused-ring (bicyclic) bond motifs is 2. The number of hydrogen-bond acceptors (Lipinski definition) is 10. The van der Waals surface area contributed by atoms with Crippen LogP contribution in [-0.4, -0.2) is 61.2 Å². The van der Waals surface area contributed by atoms with Gasteiger partial charge in [-0.2, -0.15) is 20.5 Å². The molecule has 0 saturated carbocycles. The normalized spacial score (nSPS) is 22.3. The fourth-order valence-corrected chi connectivity index (χ4v) is 7.04. The minimum Gasteiger partial charge on any atom is -0.469 e. The zero-order valence-corrected chi connectivity index (χ0v) is 24.9. The van der Waals surface area contributed by atoms with Crippen LogP contribution >= 0.6 is 22.9 Å². The van der Waals surface area contributed by atoms with Gasteiger partial charge in [0.1, 0.15) is 35.2 Å². The molecule has 0 aliphatic carbocycles. The van der Waals surface area contributed by atoms with Crippen molar-refractivity contribution in [3.63, 3.8) is 0 Å². The second-order valence-electron chi connectivity index (χ2n) is 10.9. The molecule has 0 amide bonds. The van der Waals surface area contributed by atoms with Crippen LogP contribution in [0.15, 0.2) is 18.2 Å². The first-order chi connectivity index (χ1) is 21.3. The molecule has 14 heteroatoms. The van der Waals surface area contributed by atoms with Gasteiger partial charge in [-0.15, -0.1) is 11.3 Å². The van der Waals surface area contributed by atoms with Gasteiger partial charge in [-0.25, -0.2) is 13.2 Å². The zero-order chi connectivity index (χ0) is 31.0. The van der Waals surface area contributed by atoms with E-state index < -0.39 is 24.3 Å². The summed E-state index contributed by atoms with van der Waals surface area (Å²) in [6.07, 6.45) is -1.31. The molecule has 0 spiro atoms. The van der Waals surface area contributed by atoms with Crippen LogP contribution < -0.4 is 25.8 Å². The first-order valence-electron chi connectivity index (χ1n) is 14.1. The first-order valence-corrected chi connectivity index (χ1v) is 15.3. The Morgan fingerprint density at radius 2 is 1.93 bits per heavy atom. The van der Waals surface area contributed by atoms with Crippen molar-refractivity contribution in [2.24, 2.45) is 5.92 Å². The van der Waals surface area contributed by atoms with E-state index in [4.69, 9.17) is 26.8 Å². The number of thiophene rings is 1. The lowest BCUT2D eigenvalue weighted by Gasteiger charge is -2.23. The van der Waals surface area contributed by atoms with Gasteiger partial charge in [-0.05, 0) is 49.4 Å². The number of ether oxygens (including phenoxy) is 2. The van der Waals surface area contributed by atoms with Gasteiger partial charge in [-0.3, -0.25) is 0 Å². The molecule has 4 aromatic rings. The van der Waals surface area contributed by atoms with Gasteiger partial charge < -0.3 is 25.8 Å². The summed E-state index contributed by atoms with van der Waals surface area (Å²) >= 11 is 7.73. The topological polar surface area (TPSA) is 142 Å². The standard InChI is InChI=1S/C30H27ClF3N7O2S/c31-20-7-17-26(18(8-35)24(20)16-3-4-21(33)27-25(16)19(9-36)28(37)44-27)40-30(41-29(17)43-23-12-39-11-22(23)34)42-13-14-2-1-5-38-10-15(32)6-14/h3-4,7,14-15,22-23,38-39H,1-2,5-6,10-13,37H2. The molecule has 4 atom stereocenters. The average Bonchev–Trinajstić information content (AvgIpc) is 3.56. The Morgan fingerprint density at radius 1 is 1.11 bits per heavy atom. The van der Waals surface area contributed by atoms with Crippen LogP contribution in [0.2, 0.25) is 5.02 Å². The molecule has 0 bridgehead atoms. The Labute approximate surface area is 259 Å². The molecule has 2 saturated heterocycles. The fourth-order valence-electron chi connectivity index (χ4n) is 5.78. The Kier molecular flexibility index (Phi) is 8.65. The molecule has 4 N–H and O–H groups in total. The van der Waals surface area contributed by atoms with Crippen molar-refractivity contribution in [1.29, 1.82) is 10.5 Å². The minimum atomic E-state index is -1.31. The summed E-state index contributed by atoms with van der Waals surface area (Å²) in [7, 11) is 0. The quantitative estimate of drug-likeness (QED) is 0.251. The van der Waals surface area contributed by atoms with Gasteiger partial charge >= 0.3 is 6.01 Å². The van der Waals surface area contributed by atoms with Gasteiger partial charge in [0.05, 0.1) is 38.4 Å². The second kappa shape index (κ2) is 12.6. The van der Waals surface area contributed by atoms with Crippen LogP contribution in [0.4, 0.5) is 18.2 Å². The highest BCUT2D eigenvalue weighted by Crippen LogP contribution is 2.46. The van der Waals surface area contributed by atoms with Crippen LogP contribution in [0.5, 0.6) is 11.9 Å². The lowest BCUT2D eigenvalue weighted by molar-refractivity contribution is 0.132. The third-order valence-corrected chi connectivity index (χ3v) is 9.24. The number of nitrogens with two attached hydrogens (primary N) is 1. The molecule has 9 nitrogen and oxygen atoms in total. The number of alkyl halides is 2. The smallest absolute Gasteiger partial charge is 0.320 e. The molecular weight excluding hydrogens is 615 g/mol. The lowest BCUT2D eigenvalue weighted by atomic mass is 9.93. The second-order valence-corrected chi connectivity index (χ2v) is 12.3. The third kappa shape index (κ3) is 5.69. The predicted molar refractivity (Wildman–Crippen MR) is 162 cm³/mol. The van der Waals surface area contributed by atoms with Crippen molar-refractivity contribution in [2.75, 3.05) is 38.5 Å². The number of anilines is 1. The highest BCUT2D eigenvalue weighted by atomic mass is 35.5. The Balaban J connectivity index is 1.50. The molecule has 44 heavy (non-hydrogen) atoms. The lowest BCUT2D eigenvalue weighted by Crippen LogP contribution is -2.31. The van der Waals surface area contributed by atoms with Crippen molar-refractivity contribution in [3.05, 3.63) is 40.2 Å². The van der Waals surface area contributed by atoms with Crippen molar-refractivity contribution < 1.29 is 22.6 Å². The van der Waals surface area contributed by atoms with Crippen molar-refractivity contribution in [2.45, 2.75) is 37.7 Å². The maximum absolute atomic E-state index is 14.8. The molecule has 0 radical (unpaired) electrons. The van der Waals surface area contributed by atoms with Crippen LogP contribution in [0.25, 0.3) is 32.1 Å². The molecule has 4 unspecified atom stereocenters. The van der Waals surface area contributed by atoms with Gasteiger partial charge in [0.2, 0.25) is 5.88 Å². The number of aromatic nitrogens is 2. The van der Waals surface area contributed by atoms with Gasteiger partial charge in [0, 0.05) is 30.6 Å². The number of nitrogen functional groups attached to an aromatic ring is 1. The fraction of sp³-hybridized carbons (Fsp3) is 0.400. The van der Waals surface area contributed by atoms with Gasteiger partial charge in [-0.1, -0.05) is 17.7 Å². The average molecular weight is 642 g/mol. The van der Waals surface area contributed by atoms with E-state index in [1.807, 2.05) is 6.07 Å². The number of nitrogens with one attached hydrogen (secondary N) is 2. The van der Waals surface area contributed by atoms with Gasteiger partial charge in [0.25, 0.3) is 0 Å². The van der Waals surface area contributed by atoms with E-state index in [0.717, 1.165) is 24.2 Å². The molecule has 2 aromatic carbocycles.